The number of rotatable bonds is 4. The molecule has 0 bridgehead atoms. The van der Waals surface area contributed by atoms with Gasteiger partial charge in [-0.1, -0.05) is 45.8 Å². The molecule has 0 aromatic carbocycles. The van der Waals surface area contributed by atoms with E-state index in [1.807, 2.05) is 0 Å². The molecule has 1 fully saturated rings. The molecule has 2 aliphatic rings. The highest BCUT2D eigenvalue weighted by Crippen LogP contribution is 2.45. The van der Waals surface area contributed by atoms with E-state index in [9.17, 15) is 0 Å². The Kier molecular flexibility index (Phi) is 3.22. The normalized spacial score (nSPS) is 26.1. The van der Waals surface area contributed by atoms with Gasteiger partial charge in [-0.25, -0.2) is 0 Å². The SMILES string of the molecule is CCCC/C=C/C1=CC12OCC(C)(C)CO2. The lowest BCUT2D eigenvalue weighted by molar-refractivity contribution is -0.229. The molecular formula is C14H22O2. The highest BCUT2D eigenvalue weighted by Gasteiger charge is 2.50. The fourth-order valence-electron chi connectivity index (χ4n) is 1.80. The molecule has 0 saturated carbocycles. The molecule has 90 valence electrons. The number of allylic oxidation sites excluding steroid dienone is 1. The molecule has 2 heteroatoms. The van der Waals surface area contributed by atoms with Crippen molar-refractivity contribution in [2.75, 3.05) is 13.2 Å². The number of ether oxygens (including phenoxy) is 2. The van der Waals surface area contributed by atoms with Gasteiger partial charge in [0.05, 0.1) is 13.2 Å². The van der Waals surface area contributed by atoms with E-state index in [2.05, 4.69) is 39.0 Å². The third kappa shape index (κ3) is 2.55. The van der Waals surface area contributed by atoms with Crippen LogP contribution in [-0.2, 0) is 9.47 Å². The van der Waals surface area contributed by atoms with Gasteiger partial charge in [-0.2, -0.15) is 0 Å². The molecule has 1 heterocycles. The Morgan fingerprint density at radius 3 is 2.62 bits per heavy atom. The van der Waals surface area contributed by atoms with Gasteiger partial charge in [0, 0.05) is 11.0 Å². The minimum absolute atomic E-state index is 0.152. The number of hydrogen-bond acceptors (Lipinski definition) is 2. The lowest BCUT2D eigenvalue weighted by atomic mass is 9.95. The molecule has 0 aromatic heterocycles. The van der Waals surface area contributed by atoms with Crippen molar-refractivity contribution >= 4 is 0 Å². The van der Waals surface area contributed by atoms with Gasteiger partial charge in [0.25, 0.3) is 0 Å². The molecule has 1 aliphatic carbocycles. The molecular weight excluding hydrogens is 200 g/mol. The molecule has 16 heavy (non-hydrogen) atoms. The Morgan fingerprint density at radius 2 is 2.00 bits per heavy atom. The average molecular weight is 222 g/mol. The van der Waals surface area contributed by atoms with Crippen molar-refractivity contribution in [2.45, 2.75) is 45.8 Å². The third-order valence-corrected chi connectivity index (χ3v) is 3.04. The van der Waals surface area contributed by atoms with E-state index in [-0.39, 0.29) is 5.41 Å². The Morgan fingerprint density at radius 1 is 1.31 bits per heavy atom. The van der Waals surface area contributed by atoms with Crippen LogP contribution in [-0.4, -0.2) is 19.0 Å². The van der Waals surface area contributed by atoms with E-state index in [4.69, 9.17) is 9.47 Å². The van der Waals surface area contributed by atoms with Crippen LogP contribution in [0.4, 0.5) is 0 Å². The first kappa shape index (κ1) is 11.9. The van der Waals surface area contributed by atoms with Crippen molar-refractivity contribution < 1.29 is 9.47 Å². The van der Waals surface area contributed by atoms with E-state index >= 15 is 0 Å². The average Bonchev–Trinajstić information content (AvgIpc) is 2.93. The summed E-state index contributed by atoms with van der Waals surface area (Å²) in [6.07, 6.45) is 10.1. The number of unbranched alkanes of at least 4 members (excludes halogenated alkanes) is 2. The van der Waals surface area contributed by atoms with Crippen LogP contribution in [0.15, 0.2) is 23.8 Å². The van der Waals surface area contributed by atoms with Crippen molar-refractivity contribution in [3.05, 3.63) is 23.8 Å². The van der Waals surface area contributed by atoms with Crippen LogP contribution in [0.5, 0.6) is 0 Å². The summed E-state index contributed by atoms with van der Waals surface area (Å²) >= 11 is 0. The van der Waals surface area contributed by atoms with Gasteiger partial charge in [0.2, 0.25) is 5.79 Å². The zero-order valence-electron chi connectivity index (χ0n) is 10.6. The van der Waals surface area contributed by atoms with Crippen LogP contribution >= 0.6 is 0 Å². The molecule has 0 amide bonds. The monoisotopic (exact) mass is 222 g/mol. The summed E-state index contributed by atoms with van der Waals surface area (Å²) in [7, 11) is 0. The third-order valence-electron chi connectivity index (χ3n) is 3.04. The van der Waals surface area contributed by atoms with Crippen LogP contribution in [0, 0.1) is 5.41 Å². The predicted octanol–water partition coefficient (Wildman–Crippen LogP) is 3.44. The Labute approximate surface area is 98.3 Å². The first-order valence-electron chi connectivity index (χ1n) is 6.26. The highest BCUT2D eigenvalue weighted by molar-refractivity contribution is 5.47. The number of hydrogen-bond donors (Lipinski definition) is 0. The summed E-state index contributed by atoms with van der Waals surface area (Å²) in [5, 5.41) is 0. The standard InChI is InChI=1S/C14H22O2/c1-4-5-6-7-8-12-9-14(12)15-10-13(2,3)11-16-14/h7-9H,4-6,10-11H2,1-3H3/b8-7+. The van der Waals surface area contributed by atoms with Gasteiger partial charge >= 0.3 is 0 Å². The molecule has 0 atom stereocenters. The molecule has 2 rings (SSSR count). The predicted molar refractivity (Wildman–Crippen MR) is 65.2 cm³/mol. The van der Waals surface area contributed by atoms with Crippen molar-refractivity contribution in [2.24, 2.45) is 5.41 Å². The summed E-state index contributed by atoms with van der Waals surface area (Å²) < 4.78 is 11.6. The van der Waals surface area contributed by atoms with Crippen LogP contribution in [0.25, 0.3) is 0 Å². The Balaban J connectivity index is 1.77. The second-order valence-electron chi connectivity index (χ2n) is 5.55. The van der Waals surface area contributed by atoms with Crippen molar-refractivity contribution in [3.63, 3.8) is 0 Å². The lowest BCUT2D eigenvalue weighted by Crippen LogP contribution is -2.40. The fourth-order valence-corrected chi connectivity index (χ4v) is 1.80. The maximum atomic E-state index is 5.80. The molecule has 0 unspecified atom stereocenters. The summed E-state index contributed by atoms with van der Waals surface area (Å²) in [4.78, 5) is 0. The fraction of sp³-hybridized carbons (Fsp3) is 0.714. The second-order valence-corrected chi connectivity index (χ2v) is 5.55. The first-order valence-corrected chi connectivity index (χ1v) is 6.26. The van der Waals surface area contributed by atoms with Gasteiger partial charge in [0.15, 0.2) is 0 Å². The van der Waals surface area contributed by atoms with Crippen molar-refractivity contribution in [1.82, 2.24) is 0 Å². The lowest BCUT2D eigenvalue weighted by Gasteiger charge is -2.35. The van der Waals surface area contributed by atoms with Crippen molar-refractivity contribution in [3.8, 4) is 0 Å². The molecule has 1 aliphatic heterocycles. The van der Waals surface area contributed by atoms with Gasteiger partial charge in [-0.15, -0.1) is 0 Å². The molecule has 1 spiro atoms. The summed E-state index contributed by atoms with van der Waals surface area (Å²) in [5.41, 5.74) is 1.35. The molecule has 0 aromatic rings. The van der Waals surface area contributed by atoms with E-state index in [1.54, 1.807) is 0 Å². The highest BCUT2D eigenvalue weighted by atomic mass is 16.7. The summed E-state index contributed by atoms with van der Waals surface area (Å²) in [5.74, 6) is -0.446. The largest absolute Gasteiger partial charge is 0.342 e. The smallest absolute Gasteiger partial charge is 0.215 e. The zero-order chi connectivity index (χ0) is 11.6. The summed E-state index contributed by atoms with van der Waals surface area (Å²) in [6.45, 7) is 8.09. The topological polar surface area (TPSA) is 18.5 Å². The Hall–Kier alpha value is -0.600. The molecule has 1 saturated heterocycles. The van der Waals surface area contributed by atoms with Crippen molar-refractivity contribution in [1.29, 1.82) is 0 Å². The molecule has 0 N–H and O–H groups in total. The molecule has 0 radical (unpaired) electrons. The van der Waals surface area contributed by atoms with Gasteiger partial charge in [-0.3, -0.25) is 0 Å². The van der Waals surface area contributed by atoms with Crippen LogP contribution in [0.2, 0.25) is 0 Å². The van der Waals surface area contributed by atoms with Gasteiger partial charge < -0.3 is 9.47 Å². The first-order chi connectivity index (χ1) is 7.58. The van der Waals surface area contributed by atoms with Crippen LogP contribution < -0.4 is 0 Å². The molecule has 2 nitrogen and oxygen atoms in total. The summed E-state index contributed by atoms with van der Waals surface area (Å²) in [6, 6.07) is 0. The van der Waals surface area contributed by atoms with Gasteiger partial charge in [-0.05, 0) is 12.5 Å². The van der Waals surface area contributed by atoms with E-state index in [0.29, 0.717) is 0 Å². The zero-order valence-corrected chi connectivity index (χ0v) is 10.6. The van der Waals surface area contributed by atoms with E-state index in [0.717, 1.165) is 19.6 Å². The quantitative estimate of drug-likeness (QED) is 0.678. The maximum absolute atomic E-state index is 5.80. The van der Waals surface area contributed by atoms with E-state index in [1.165, 1.54) is 18.4 Å². The van der Waals surface area contributed by atoms with Crippen LogP contribution in [0.3, 0.4) is 0 Å². The minimum atomic E-state index is -0.446. The minimum Gasteiger partial charge on any atom is -0.342 e. The maximum Gasteiger partial charge on any atom is 0.215 e. The second kappa shape index (κ2) is 4.34. The van der Waals surface area contributed by atoms with Gasteiger partial charge in [0.1, 0.15) is 0 Å². The van der Waals surface area contributed by atoms with E-state index < -0.39 is 5.79 Å². The Bertz CT molecular complexity index is 303. The van der Waals surface area contributed by atoms with Crippen LogP contribution in [0.1, 0.15) is 40.0 Å².